The van der Waals surface area contributed by atoms with Crippen molar-refractivity contribution in [3.8, 4) is 5.88 Å². The highest BCUT2D eigenvalue weighted by atomic mass is 16.5. The van der Waals surface area contributed by atoms with E-state index in [2.05, 4.69) is 4.98 Å². The number of aliphatic carboxylic acids is 1. The highest BCUT2D eigenvalue weighted by Gasteiger charge is 1.95. The van der Waals surface area contributed by atoms with Gasteiger partial charge in [-0.1, -0.05) is 0 Å². The normalized spacial score (nSPS) is 10.6. The first kappa shape index (κ1) is 12.2. The lowest BCUT2D eigenvalue weighted by Crippen LogP contribution is -2.05. The van der Waals surface area contributed by atoms with E-state index in [0.717, 1.165) is 6.08 Å². The second kappa shape index (κ2) is 6.58. The second-order valence-corrected chi connectivity index (χ2v) is 2.94. The molecule has 1 N–H and O–H groups in total. The molecule has 0 bridgehead atoms. The van der Waals surface area contributed by atoms with Crippen LogP contribution in [-0.4, -0.2) is 36.4 Å². The van der Waals surface area contributed by atoms with Gasteiger partial charge in [0.2, 0.25) is 5.88 Å². The fourth-order valence-corrected chi connectivity index (χ4v) is 0.973. The number of carboxylic acid groups (broad SMARTS) is 1. The molecule has 0 aromatic carbocycles. The predicted molar refractivity (Wildman–Crippen MR) is 58.3 cm³/mol. The number of ether oxygens (including phenoxy) is 2. The number of rotatable bonds is 6. The summed E-state index contributed by atoms with van der Waals surface area (Å²) < 4.78 is 10.1. The number of nitrogens with zero attached hydrogens (tertiary/aromatic N) is 1. The molecule has 1 heterocycles. The number of carbonyl (C=O) groups is 1. The molecule has 0 fully saturated rings. The van der Waals surface area contributed by atoms with Gasteiger partial charge in [0.1, 0.15) is 6.61 Å². The van der Waals surface area contributed by atoms with Crippen LogP contribution in [0.25, 0.3) is 6.08 Å². The van der Waals surface area contributed by atoms with Gasteiger partial charge in [-0.2, -0.15) is 0 Å². The zero-order chi connectivity index (χ0) is 11.8. The van der Waals surface area contributed by atoms with Crippen LogP contribution in [0.3, 0.4) is 0 Å². The fraction of sp³-hybridized carbons (Fsp3) is 0.273. The van der Waals surface area contributed by atoms with E-state index in [1.807, 2.05) is 0 Å². The molecule has 0 spiro atoms. The van der Waals surface area contributed by atoms with Gasteiger partial charge in [0, 0.05) is 25.4 Å². The highest BCUT2D eigenvalue weighted by molar-refractivity contribution is 5.85. The Bertz CT molecular complexity index is 359. The van der Waals surface area contributed by atoms with Crippen LogP contribution in [0.5, 0.6) is 5.88 Å². The van der Waals surface area contributed by atoms with Gasteiger partial charge in [-0.3, -0.25) is 0 Å². The monoisotopic (exact) mass is 223 g/mol. The molecule has 0 amide bonds. The molecule has 0 aliphatic rings. The minimum atomic E-state index is -0.986. The Hall–Kier alpha value is -1.88. The number of pyridine rings is 1. The summed E-state index contributed by atoms with van der Waals surface area (Å²) in [5.41, 5.74) is 0.710. The number of hydrogen-bond acceptors (Lipinski definition) is 4. The van der Waals surface area contributed by atoms with Crippen LogP contribution >= 0.6 is 0 Å². The Morgan fingerprint density at radius 3 is 2.88 bits per heavy atom. The second-order valence-electron chi connectivity index (χ2n) is 2.94. The van der Waals surface area contributed by atoms with Crippen LogP contribution in [0, 0.1) is 0 Å². The quantitative estimate of drug-likeness (QED) is 0.579. The van der Waals surface area contributed by atoms with Crippen LogP contribution in [0.1, 0.15) is 5.56 Å². The van der Waals surface area contributed by atoms with Crippen LogP contribution in [0.4, 0.5) is 0 Å². The van der Waals surface area contributed by atoms with Gasteiger partial charge >= 0.3 is 5.97 Å². The molecule has 5 nitrogen and oxygen atoms in total. The maximum Gasteiger partial charge on any atom is 0.328 e. The van der Waals surface area contributed by atoms with Gasteiger partial charge in [-0.05, 0) is 17.7 Å². The molecule has 16 heavy (non-hydrogen) atoms. The Labute approximate surface area is 93.3 Å². The molecule has 1 aromatic heterocycles. The maximum atomic E-state index is 10.3. The lowest BCUT2D eigenvalue weighted by Gasteiger charge is -2.03. The van der Waals surface area contributed by atoms with E-state index in [-0.39, 0.29) is 0 Å². The summed E-state index contributed by atoms with van der Waals surface area (Å²) in [4.78, 5) is 14.3. The van der Waals surface area contributed by atoms with Gasteiger partial charge in [0.05, 0.1) is 6.61 Å². The fourth-order valence-electron chi connectivity index (χ4n) is 0.973. The third-order valence-electron chi connectivity index (χ3n) is 1.71. The van der Waals surface area contributed by atoms with Gasteiger partial charge < -0.3 is 14.6 Å². The van der Waals surface area contributed by atoms with Crippen molar-refractivity contribution in [3.05, 3.63) is 30.0 Å². The summed E-state index contributed by atoms with van der Waals surface area (Å²) in [6.45, 7) is 0.941. The Balaban J connectivity index is 2.51. The Kier molecular flexibility index (Phi) is 5.01. The van der Waals surface area contributed by atoms with Crippen LogP contribution < -0.4 is 4.74 Å². The topological polar surface area (TPSA) is 68.7 Å². The lowest BCUT2D eigenvalue weighted by molar-refractivity contribution is -0.131. The first-order valence-corrected chi connectivity index (χ1v) is 4.71. The number of methoxy groups -OCH3 is 1. The van der Waals surface area contributed by atoms with E-state index in [4.69, 9.17) is 14.6 Å². The molecular formula is C11H13NO4. The zero-order valence-corrected chi connectivity index (χ0v) is 8.92. The first-order chi connectivity index (χ1) is 7.72. The third-order valence-corrected chi connectivity index (χ3v) is 1.71. The Morgan fingerprint density at radius 1 is 1.50 bits per heavy atom. The lowest BCUT2D eigenvalue weighted by atomic mass is 10.2. The van der Waals surface area contributed by atoms with E-state index < -0.39 is 5.97 Å². The minimum Gasteiger partial charge on any atom is -0.478 e. The standard InChI is InChI=1S/C11H13NO4/c1-15-6-7-16-10-4-2-9(8-12-10)3-5-11(13)14/h2-5,8H,6-7H2,1H3,(H,13,14)/b5-3+. The molecule has 0 saturated carbocycles. The molecule has 0 aliphatic heterocycles. The molecule has 1 rings (SSSR count). The van der Waals surface area contributed by atoms with E-state index in [1.54, 1.807) is 25.4 Å². The zero-order valence-electron chi connectivity index (χ0n) is 8.92. The van der Waals surface area contributed by atoms with Gasteiger partial charge in [-0.15, -0.1) is 0 Å². The SMILES string of the molecule is COCCOc1ccc(/C=C/C(=O)O)cn1. The van der Waals surface area contributed by atoms with Crippen molar-refractivity contribution >= 4 is 12.0 Å². The van der Waals surface area contributed by atoms with E-state index in [9.17, 15) is 4.79 Å². The molecule has 0 radical (unpaired) electrons. The molecule has 0 saturated heterocycles. The number of carboxylic acids is 1. The van der Waals surface area contributed by atoms with Crippen molar-refractivity contribution in [3.63, 3.8) is 0 Å². The summed E-state index contributed by atoms with van der Waals surface area (Å²) in [5.74, 6) is -0.495. The summed E-state index contributed by atoms with van der Waals surface area (Å²) in [7, 11) is 1.59. The van der Waals surface area contributed by atoms with Crippen molar-refractivity contribution in [2.75, 3.05) is 20.3 Å². The van der Waals surface area contributed by atoms with Crippen LogP contribution in [-0.2, 0) is 9.53 Å². The van der Waals surface area contributed by atoms with Gasteiger partial charge in [0.15, 0.2) is 0 Å². The average Bonchev–Trinajstić information content (AvgIpc) is 2.28. The molecule has 86 valence electrons. The van der Waals surface area contributed by atoms with Crippen molar-refractivity contribution < 1.29 is 19.4 Å². The van der Waals surface area contributed by atoms with Gasteiger partial charge in [0.25, 0.3) is 0 Å². The summed E-state index contributed by atoms with van der Waals surface area (Å²) in [5, 5.41) is 8.43. The largest absolute Gasteiger partial charge is 0.478 e. The van der Waals surface area contributed by atoms with Crippen molar-refractivity contribution in [1.82, 2.24) is 4.98 Å². The predicted octanol–water partition coefficient (Wildman–Crippen LogP) is 1.20. The van der Waals surface area contributed by atoms with Crippen molar-refractivity contribution in [2.24, 2.45) is 0 Å². The summed E-state index contributed by atoms with van der Waals surface area (Å²) >= 11 is 0. The van der Waals surface area contributed by atoms with E-state index in [0.29, 0.717) is 24.7 Å². The van der Waals surface area contributed by atoms with Crippen LogP contribution in [0.15, 0.2) is 24.4 Å². The first-order valence-electron chi connectivity index (χ1n) is 4.71. The smallest absolute Gasteiger partial charge is 0.328 e. The molecular weight excluding hydrogens is 210 g/mol. The molecule has 0 atom stereocenters. The van der Waals surface area contributed by atoms with Gasteiger partial charge in [-0.25, -0.2) is 9.78 Å². The van der Waals surface area contributed by atoms with Crippen LogP contribution in [0.2, 0.25) is 0 Å². The molecule has 0 aliphatic carbocycles. The minimum absolute atomic E-state index is 0.438. The van der Waals surface area contributed by atoms with Crippen molar-refractivity contribution in [1.29, 1.82) is 0 Å². The number of hydrogen-bond donors (Lipinski definition) is 1. The molecule has 5 heteroatoms. The Morgan fingerprint density at radius 2 is 2.31 bits per heavy atom. The van der Waals surface area contributed by atoms with Crippen molar-refractivity contribution in [2.45, 2.75) is 0 Å². The average molecular weight is 223 g/mol. The summed E-state index contributed by atoms with van der Waals surface area (Å²) in [6, 6.07) is 3.41. The number of aromatic nitrogens is 1. The van der Waals surface area contributed by atoms with E-state index >= 15 is 0 Å². The van der Waals surface area contributed by atoms with E-state index in [1.165, 1.54) is 6.08 Å². The third kappa shape index (κ3) is 4.56. The summed E-state index contributed by atoms with van der Waals surface area (Å²) in [6.07, 6.45) is 4.07. The maximum absolute atomic E-state index is 10.3. The molecule has 0 unspecified atom stereocenters. The highest BCUT2D eigenvalue weighted by Crippen LogP contribution is 2.08. The molecule has 1 aromatic rings.